The van der Waals surface area contributed by atoms with Crippen LogP contribution in [0.3, 0.4) is 0 Å². The lowest BCUT2D eigenvalue weighted by Gasteiger charge is -2.20. The first-order chi connectivity index (χ1) is 17.1. The summed E-state index contributed by atoms with van der Waals surface area (Å²) in [6.45, 7) is 1.41. The van der Waals surface area contributed by atoms with E-state index >= 15 is 0 Å². The summed E-state index contributed by atoms with van der Waals surface area (Å²) < 4.78 is 19.2. The topological polar surface area (TPSA) is 96.5 Å². The molecular weight excluding hydrogens is 449 g/mol. The molecule has 9 heteroatoms. The van der Waals surface area contributed by atoms with Crippen LogP contribution in [-0.2, 0) is 17.8 Å². The summed E-state index contributed by atoms with van der Waals surface area (Å²) in [6, 6.07) is 13.3. The van der Waals surface area contributed by atoms with Gasteiger partial charge in [0.25, 0.3) is 5.91 Å². The zero-order valence-electron chi connectivity index (χ0n) is 19.2. The molecule has 1 aromatic heterocycles. The van der Waals surface area contributed by atoms with Gasteiger partial charge in [-0.25, -0.2) is 9.37 Å². The fourth-order valence-corrected chi connectivity index (χ4v) is 4.34. The standard InChI is InChI=1S/C26H26FN5O3/c27-19-10-8-17(9-11-19)16-35-25-20(23(33)30-21-6-3-4-13-28-24(21)34)15-29-26(31-25)32-14-12-18-5-1-2-7-22(18)32/h1-2,5,7-11,15,21H,3-4,6,12-14,16H2,(H,28,34)(H,30,33). The van der Waals surface area contributed by atoms with Crippen LogP contribution in [0, 0.1) is 5.82 Å². The number of carbonyl (C=O) groups excluding carboxylic acids is 2. The van der Waals surface area contributed by atoms with Gasteiger partial charge >= 0.3 is 0 Å². The van der Waals surface area contributed by atoms with Gasteiger partial charge in [0, 0.05) is 25.0 Å². The molecule has 3 heterocycles. The van der Waals surface area contributed by atoms with Gasteiger partial charge in [-0.05, 0) is 55.0 Å². The Labute approximate surface area is 202 Å². The quantitative estimate of drug-likeness (QED) is 0.568. The Morgan fingerprint density at radius 1 is 1.17 bits per heavy atom. The largest absolute Gasteiger partial charge is 0.472 e. The van der Waals surface area contributed by atoms with E-state index in [0.29, 0.717) is 25.5 Å². The minimum Gasteiger partial charge on any atom is -0.472 e. The van der Waals surface area contributed by atoms with E-state index in [0.717, 1.165) is 30.5 Å². The Morgan fingerprint density at radius 2 is 2.00 bits per heavy atom. The van der Waals surface area contributed by atoms with Crippen molar-refractivity contribution in [1.82, 2.24) is 20.6 Å². The molecule has 1 saturated heterocycles. The number of hydrogen-bond donors (Lipinski definition) is 2. The lowest BCUT2D eigenvalue weighted by Crippen LogP contribution is -2.45. The van der Waals surface area contributed by atoms with Gasteiger partial charge in [-0.1, -0.05) is 30.3 Å². The molecule has 2 aliphatic heterocycles. The number of amides is 2. The second-order valence-corrected chi connectivity index (χ2v) is 8.65. The number of para-hydroxylation sites is 1. The smallest absolute Gasteiger partial charge is 0.259 e. The SMILES string of the molecule is O=C(NC1CCCCNC1=O)c1cnc(N2CCc3ccccc32)nc1OCc1ccc(F)cc1. The molecule has 3 aromatic rings. The monoisotopic (exact) mass is 475 g/mol. The first-order valence-electron chi connectivity index (χ1n) is 11.8. The fourth-order valence-electron chi connectivity index (χ4n) is 4.34. The van der Waals surface area contributed by atoms with Crippen molar-refractivity contribution in [3.8, 4) is 5.88 Å². The summed E-state index contributed by atoms with van der Waals surface area (Å²) in [5.41, 5.74) is 3.09. The normalized spacial score (nSPS) is 17.3. The number of ether oxygens (including phenoxy) is 1. The molecule has 180 valence electrons. The maximum absolute atomic E-state index is 13.3. The first-order valence-corrected chi connectivity index (χ1v) is 11.8. The molecule has 0 spiro atoms. The number of hydrogen-bond acceptors (Lipinski definition) is 6. The van der Waals surface area contributed by atoms with Crippen molar-refractivity contribution < 1.29 is 18.7 Å². The number of rotatable bonds is 6. The number of nitrogens with zero attached hydrogens (tertiary/aromatic N) is 3. The summed E-state index contributed by atoms with van der Waals surface area (Å²) >= 11 is 0. The van der Waals surface area contributed by atoms with Gasteiger partial charge in [-0.3, -0.25) is 9.59 Å². The van der Waals surface area contributed by atoms with Crippen LogP contribution in [0.5, 0.6) is 5.88 Å². The minimum absolute atomic E-state index is 0.0948. The number of anilines is 2. The Morgan fingerprint density at radius 3 is 2.86 bits per heavy atom. The highest BCUT2D eigenvalue weighted by atomic mass is 19.1. The summed E-state index contributed by atoms with van der Waals surface area (Å²) in [4.78, 5) is 36.5. The third-order valence-corrected chi connectivity index (χ3v) is 6.24. The van der Waals surface area contributed by atoms with E-state index in [2.05, 4.69) is 26.7 Å². The van der Waals surface area contributed by atoms with Crippen LogP contribution in [0.2, 0.25) is 0 Å². The Kier molecular flexibility index (Phi) is 6.56. The van der Waals surface area contributed by atoms with Gasteiger partial charge in [-0.2, -0.15) is 4.98 Å². The third kappa shape index (κ3) is 5.08. The lowest BCUT2D eigenvalue weighted by atomic mass is 10.1. The maximum Gasteiger partial charge on any atom is 0.259 e. The average molecular weight is 476 g/mol. The lowest BCUT2D eigenvalue weighted by molar-refractivity contribution is -0.122. The zero-order chi connectivity index (χ0) is 24.2. The zero-order valence-corrected chi connectivity index (χ0v) is 19.2. The highest BCUT2D eigenvalue weighted by molar-refractivity contribution is 5.99. The molecule has 2 aliphatic rings. The molecule has 0 radical (unpaired) electrons. The molecule has 0 bridgehead atoms. The third-order valence-electron chi connectivity index (χ3n) is 6.24. The van der Waals surface area contributed by atoms with Crippen molar-refractivity contribution in [3.05, 3.63) is 77.2 Å². The number of aromatic nitrogens is 2. The van der Waals surface area contributed by atoms with Gasteiger partial charge in [0.2, 0.25) is 17.7 Å². The second kappa shape index (κ2) is 10.1. The van der Waals surface area contributed by atoms with Crippen LogP contribution in [0.15, 0.2) is 54.7 Å². The van der Waals surface area contributed by atoms with Crippen LogP contribution < -0.4 is 20.3 Å². The van der Waals surface area contributed by atoms with Gasteiger partial charge in [0.1, 0.15) is 24.0 Å². The first kappa shape index (κ1) is 22.8. The van der Waals surface area contributed by atoms with E-state index in [9.17, 15) is 14.0 Å². The average Bonchev–Trinajstić information content (AvgIpc) is 3.21. The molecule has 0 saturated carbocycles. The van der Waals surface area contributed by atoms with Crippen molar-refractivity contribution in [3.63, 3.8) is 0 Å². The summed E-state index contributed by atoms with van der Waals surface area (Å²) in [5.74, 6) is -0.485. The Balaban J connectivity index is 1.42. The Bertz CT molecular complexity index is 1230. The Hall–Kier alpha value is -4.01. The summed E-state index contributed by atoms with van der Waals surface area (Å²) in [6.07, 6.45) is 4.57. The van der Waals surface area contributed by atoms with E-state index in [-0.39, 0.29) is 29.8 Å². The van der Waals surface area contributed by atoms with E-state index in [1.165, 1.54) is 23.9 Å². The number of fused-ring (bicyclic) bond motifs is 1. The minimum atomic E-state index is -0.625. The molecule has 35 heavy (non-hydrogen) atoms. The molecule has 1 atom stereocenters. The highest BCUT2D eigenvalue weighted by Gasteiger charge is 2.27. The van der Waals surface area contributed by atoms with Gasteiger partial charge in [0.15, 0.2) is 0 Å². The van der Waals surface area contributed by atoms with Gasteiger partial charge in [-0.15, -0.1) is 0 Å². The highest BCUT2D eigenvalue weighted by Crippen LogP contribution is 2.33. The van der Waals surface area contributed by atoms with Crippen molar-refractivity contribution >= 4 is 23.5 Å². The van der Waals surface area contributed by atoms with Crippen molar-refractivity contribution in [2.75, 3.05) is 18.0 Å². The van der Waals surface area contributed by atoms with Crippen LogP contribution >= 0.6 is 0 Å². The molecule has 2 aromatic carbocycles. The van der Waals surface area contributed by atoms with Crippen LogP contribution in [0.4, 0.5) is 16.0 Å². The maximum atomic E-state index is 13.3. The van der Waals surface area contributed by atoms with Crippen molar-refractivity contribution in [1.29, 1.82) is 0 Å². The molecule has 2 amide bonds. The van der Waals surface area contributed by atoms with Gasteiger partial charge in [0.05, 0.1) is 0 Å². The van der Waals surface area contributed by atoms with E-state index in [1.54, 1.807) is 12.1 Å². The molecular formula is C26H26FN5O3. The van der Waals surface area contributed by atoms with Crippen molar-refractivity contribution in [2.45, 2.75) is 38.3 Å². The number of halogens is 1. The summed E-state index contributed by atoms with van der Waals surface area (Å²) in [7, 11) is 0. The number of carbonyl (C=O) groups is 2. The molecule has 0 aliphatic carbocycles. The van der Waals surface area contributed by atoms with Crippen LogP contribution in [0.1, 0.15) is 40.7 Å². The van der Waals surface area contributed by atoms with E-state index in [1.807, 2.05) is 23.1 Å². The van der Waals surface area contributed by atoms with E-state index < -0.39 is 11.9 Å². The summed E-state index contributed by atoms with van der Waals surface area (Å²) in [5, 5.41) is 5.62. The van der Waals surface area contributed by atoms with Crippen molar-refractivity contribution in [2.24, 2.45) is 0 Å². The predicted octanol–water partition coefficient (Wildman–Crippen LogP) is 3.29. The van der Waals surface area contributed by atoms with Gasteiger partial charge < -0.3 is 20.3 Å². The molecule has 1 unspecified atom stereocenters. The van der Waals surface area contributed by atoms with Crippen LogP contribution in [-0.4, -0.2) is 40.9 Å². The predicted molar refractivity (Wildman–Crippen MR) is 128 cm³/mol. The molecule has 1 fully saturated rings. The molecule has 5 rings (SSSR count). The molecule has 8 nitrogen and oxygen atoms in total. The second-order valence-electron chi connectivity index (χ2n) is 8.65. The van der Waals surface area contributed by atoms with E-state index in [4.69, 9.17) is 4.74 Å². The fraction of sp³-hybridized carbons (Fsp3) is 0.308. The number of benzene rings is 2. The number of nitrogens with one attached hydrogen (secondary N) is 2. The van der Waals surface area contributed by atoms with Crippen LogP contribution in [0.25, 0.3) is 0 Å². The molecule has 2 N–H and O–H groups in total.